The molecule has 2 heterocycles. The van der Waals surface area contributed by atoms with E-state index in [-0.39, 0.29) is 18.2 Å². The Morgan fingerprint density at radius 1 is 1.08 bits per heavy atom. The number of benzene rings is 2. The number of nitrogens with one attached hydrogen (secondary N) is 2. The highest BCUT2D eigenvalue weighted by Crippen LogP contribution is 2.34. The molecule has 5 heteroatoms. The molecule has 0 aromatic heterocycles. The molecule has 2 aromatic carbocycles. The molecule has 5 nitrogen and oxygen atoms in total. The number of carbonyl (C=O) groups is 2. The molecule has 0 saturated carbocycles. The Morgan fingerprint density at radius 2 is 1.81 bits per heavy atom. The molecule has 1 fully saturated rings. The maximum absolute atomic E-state index is 12.3. The van der Waals surface area contributed by atoms with Gasteiger partial charge >= 0.3 is 0 Å². The lowest BCUT2D eigenvalue weighted by atomic mass is 9.97. The maximum atomic E-state index is 12.3. The minimum Gasteiger partial charge on any atom is -0.372 e. The van der Waals surface area contributed by atoms with Crippen molar-refractivity contribution in [1.82, 2.24) is 5.32 Å². The zero-order chi connectivity index (χ0) is 17.9. The van der Waals surface area contributed by atoms with Crippen molar-refractivity contribution in [2.24, 2.45) is 0 Å². The average molecular weight is 349 g/mol. The summed E-state index contributed by atoms with van der Waals surface area (Å²) in [5.74, 6) is -0.606. The molecular formula is C21H23N3O2. The van der Waals surface area contributed by atoms with E-state index in [4.69, 9.17) is 0 Å². The predicted octanol–water partition coefficient (Wildman–Crippen LogP) is 3.03. The highest BCUT2D eigenvalue weighted by atomic mass is 16.2. The fourth-order valence-corrected chi connectivity index (χ4v) is 3.74. The number of hydrogen-bond donors (Lipinski definition) is 2. The van der Waals surface area contributed by atoms with Crippen molar-refractivity contribution in [3.8, 4) is 0 Å². The van der Waals surface area contributed by atoms with Crippen molar-refractivity contribution in [3.05, 3.63) is 59.7 Å². The molecule has 0 radical (unpaired) electrons. The minimum absolute atomic E-state index is 0.101. The van der Waals surface area contributed by atoms with Crippen LogP contribution in [0.15, 0.2) is 48.5 Å². The van der Waals surface area contributed by atoms with E-state index >= 15 is 0 Å². The smallest absolute Gasteiger partial charge is 0.232 e. The summed E-state index contributed by atoms with van der Waals surface area (Å²) >= 11 is 0. The van der Waals surface area contributed by atoms with E-state index in [1.54, 1.807) is 0 Å². The van der Waals surface area contributed by atoms with Gasteiger partial charge in [-0.25, -0.2) is 0 Å². The monoisotopic (exact) mass is 349 g/mol. The van der Waals surface area contributed by atoms with Crippen LogP contribution in [0.3, 0.4) is 0 Å². The van der Waals surface area contributed by atoms with E-state index < -0.39 is 5.92 Å². The molecule has 1 saturated heterocycles. The largest absolute Gasteiger partial charge is 0.372 e. The van der Waals surface area contributed by atoms with Crippen molar-refractivity contribution < 1.29 is 9.59 Å². The van der Waals surface area contributed by atoms with Crippen LogP contribution in [0.25, 0.3) is 0 Å². The highest BCUT2D eigenvalue weighted by Gasteiger charge is 2.31. The van der Waals surface area contributed by atoms with E-state index in [1.807, 2.05) is 24.3 Å². The van der Waals surface area contributed by atoms with Crippen LogP contribution in [0.4, 0.5) is 11.4 Å². The van der Waals surface area contributed by atoms with Crippen LogP contribution < -0.4 is 15.5 Å². The van der Waals surface area contributed by atoms with Gasteiger partial charge in [-0.2, -0.15) is 0 Å². The normalized spacial score (nSPS) is 18.5. The van der Waals surface area contributed by atoms with Crippen LogP contribution in [-0.4, -0.2) is 24.9 Å². The van der Waals surface area contributed by atoms with Gasteiger partial charge in [-0.15, -0.1) is 0 Å². The Morgan fingerprint density at radius 3 is 2.58 bits per heavy atom. The first kappa shape index (κ1) is 16.6. The van der Waals surface area contributed by atoms with Crippen molar-refractivity contribution in [3.63, 3.8) is 0 Å². The minimum atomic E-state index is -0.399. The van der Waals surface area contributed by atoms with Crippen LogP contribution in [0, 0.1) is 0 Å². The first-order chi connectivity index (χ1) is 12.7. The Balaban J connectivity index is 1.32. The summed E-state index contributed by atoms with van der Waals surface area (Å²) in [5, 5.41) is 5.77. The fourth-order valence-electron chi connectivity index (χ4n) is 3.74. The van der Waals surface area contributed by atoms with Crippen molar-refractivity contribution in [2.75, 3.05) is 23.3 Å². The molecule has 4 rings (SSSR count). The van der Waals surface area contributed by atoms with Gasteiger partial charge in [0.2, 0.25) is 11.8 Å². The zero-order valence-corrected chi connectivity index (χ0v) is 14.7. The van der Waals surface area contributed by atoms with Crippen molar-refractivity contribution in [2.45, 2.75) is 31.7 Å². The number of rotatable bonds is 5. The second-order valence-corrected chi connectivity index (χ2v) is 6.97. The standard InChI is InChI=1S/C21H23N3O2/c25-20(13-18-17-5-1-2-6-19(17)23-21(18)26)22-14-15-7-9-16(10-8-15)24-11-3-4-12-24/h1-2,5-10,18H,3-4,11-14H2,(H,22,25)(H,23,26). The first-order valence-corrected chi connectivity index (χ1v) is 9.21. The molecule has 2 aromatic rings. The predicted molar refractivity (Wildman–Crippen MR) is 102 cm³/mol. The van der Waals surface area contributed by atoms with Crippen LogP contribution in [0.1, 0.15) is 36.3 Å². The first-order valence-electron chi connectivity index (χ1n) is 9.21. The van der Waals surface area contributed by atoms with Gasteiger partial charge in [0.25, 0.3) is 0 Å². The molecule has 0 bridgehead atoms. The molecule has 0 aliphatic carbocycles. The van der Waals surface area contributed by atoms with E-state index in [2.05, 4.69) is 39.8 Å². The van der Waals surface area contributed by atoms with Crippen LogP contribution >= 0.6 is 0 Å². The van der Waals surface area contributed by atoms with E-state index in [1.165, 1.54) is 18.5 Å². The lowest BCUT2D eigenvalue weighted by Gasteiger charge is -2.17. The Labute approximate surface area is 153 Å². The lowest BCUT2D eigenvalue weighted by molar-refractivity contribution is -0.125. The third kappa shape index (κ3) is 3.43. The summed E-state index contributed by atoms with van der Waals surface area (Å²) in [6.45, 7) is 2.73. The second kappa shape index (κ2) is 7.20. The molecular weight excluding hydrogens is 326 g/mol. The number of nitrogens with zero attached hydrogens (tertiary/aromatic N) is 1. The number of anilines is 2. The quantitative estimate of drug-likeness (QED) is 0.872. The Kier molecular flexibility index (Phi) is 4.61. The molecule has 26 heavy (non-hydrogen) atoms. The summed E-state index contributed by atoms with van der Waals surface area (Å²) in [5.41, 5.74) is 4.03. The van der Waals surface area contributed by atoms with Gasteiger partial charge in [-0.3, -0.25) is 9.59 Å². The zero-order valence-electron chi connectivity index (χ0n) is 14.7. The van der Waals surface area contributed by atoms with Gasteiger partial charge in [-0.1, -0.05) is 30.3 Å². The van der Waals surface area contributed by atoms with Gasteiger partial charge in [0.05, 0.1) is 5.92 Å². The molecule has 1 atom stereocenters. The summed E-state index contributed by atoms with van der Waals surface area (Å²) in [6, 6.07) is 15.9. The van der Waals surface area contributed by atoms with Gasteiger partial charge in [0.15, 0.2) is 0 Å². The van der Waals surface area contributed by atoms with Gasteiger partial charge in [0.1, 0.15) is 0 Å². The second-order valence-electron chi connectivity index (χ2n) is 6.97. The molecule has 1 unspecified atom stereocenters. The molecule has 0 spiro atoms. The number of para-hydroxylation sites is 1. The van der Waals surface area contributed by atoms with E-state index in [0.29, 0.717) is 6.54 Å². The van der Waals surface area contributed by atoms with Crippen molar-refractivity contribution >= 4 is 23.2 Å². The number of hydrogen-bond acceptors (Lipinski definition) is 3. The van der Waals surface area contributed by atoms with E-state index in [9.17, 15) is 9.59 Å². The maximum Gasteiger partial charge on any atom is 0.232 e. The van der Waals surface area contributed by atoms with Crippen LogP contribution in [0.5, 0.6) is 0 Å². The third-order valence-corrected chi connectivity index (χ3v) is 5.20. The number of carbonyl (C=O) groups excluding carboxylic acids is 2. The van der Waals surface area contributed by atoms with Gasteiger partial charge in [-0.05, 0) is 42.2 Å². The molecule has 2 aliphatic heterocycles. The lowest BCUT2D eigenvalue weighted by Crippen LogP contribution is -2.26. The average Bonchev–Trinajstić information content (AvgIpc) is 3.29. The van der Waals surface area contributed by atoms with Crippen LogP contribution in [0.2, 0.25) is 0 Å². The molecule has 2 aliphatic rings. The highest BCUT2D eigenvalue weighted by molar-refractivity contribution is 6.04. The molecule has 134 valence electrons. The molecule has 2 amide bonds. The summed E-state index contributed by atoms with van der Waals surface area (Å²) in [4.78, 5) is 26.8. The Bertz CT molecular complexity index is 810. The third-order valence-electron chi connectivity index (χ3n) is 5.20. The van der Waals surface area contributed by atoms with Crippen molar-refractivity contribution in [1.29, 1.82) is 0 Å². The Hall–Kier alpha value is -2.82. The van der Waals surface area contributed by atoms with Gasteiger partial charge < -0.3 is 15.5 Å². The summed E-state index contributed by atoms with van der Waals surface area (Å²) in [7, 11) is 0. The number of fused-ring (bicyclic) bond motifs is 1. The van der Waals surface area contributed by atoms with Crippen LogP contribution in [-0.2, 0) is 16.1 Å². The number of amides is 2. The fraction of sp³-hybridized carbons (Fsp3) is 0.333. The summed E-state index contributed by atoms with van der Waals surface area (Å²) in [6.07, 6.45) is 2.69. The van der Waals surface area contributed by atoms with Gasteiger partial charge in [0, 0.05) is 37.4 Å². The summed E-state index contributed by atoms with van der Waals surface area (Å²) < 4.78 is 0. The topological polar surface area (TPSA) is 61.4 Å². The SMILES string of the molecule is O=C(CC1C(=O)Nc2ccccc21)NCc1ccc(N2CCCC2)cc1. The van der Waals surface area contributed by atoms with E-state index in [0.717, 1.165) is 29.9 Å². The molecule has 2 N–H and O–H groups in total.